The van der Waals surface area contributed by atoms with E-state index in [1.165, 1.54) is 133 Å². The Kier molecular flexibility index (Phi) is 8.27. The molecule has 4 aromatic heterocycles. The Bertz CT molecular complexity index is 4370. The molecule has 350 valence electrons. The van der Waals surface area contributed by atoms with Gasteiger partial charge in [-0.2, -0.15) is 0 Å². The molecule has 2 aliphatic rings. The van der Waals surface area contributed by atoms with E-state index in [1.807, 2.05) is 0 Å². The third-order valence-electron chi connectivity index (χ3n) is 17.0. The second-order valence-electron chi connectivity index (χ2n) is 21.7. The van der Waals surface area contributed by atoms with E-state index in [-0.39, 0.29) is 10.8 Å². The van der Waals surface area contributed by atoms with Crippen molar-refractivity contribution in [2.75, 3.05) is 0 Å². The maximum absolute atomic E-state index is 2.57. The Morgan fingerprint density at radius 1 is 0.257 bits per heavy atom. The Hall–Kier alpha value is -9.12. The van der Waals surface area contributed by atoms with Gasteiger partial charge in [0.2, 0.25) is 0 Å². The Balaban J connectivity index is 0.938. The van der Waals surface area contributed by atoms with Crippen LogP contribution in [0.4, 0.5) is 0 Å². The van der Waals surface area contributed by atoms with E-state index >= 15 is 0 Å². The summed E-state index contributed by atoms with van der Waals surface area (Å²) in [6, 6.07) is 86.0. The van der Waals surface area contributed by atoms with Crippen LogP contribution in [0.2, 0.25) is 0 Å². The molecule has 0 spiro atoms. The first-order valence-corrected chi connectivity index (χ1v) is 26.0. The number of para-hydroxylation sites is 4. The highest BCUT2D eigenvalue weighted by Gasteiger charge is 2.43. The molecule has 0 unspecified atom stereocenters. The first-order valence-electron chi connectivity index (χ1n) is 26.0. The molecule has 0 amide bonds. The molecular formula is C70H50N4. The second kappa shape index (κ2) is 14.7. The third kappa shape index (κ3) is 5.41. The molecule has 14 aromatic rings. The van der Waals surface area contributed by atoms with Gasteiger partial charge in [-0.3, -0.25) is 0 Å². The molecule has 4 heteroatoms. The van der Waals surface area contributed by atoms with Gasteiger partial charge in [0.05, 0.1) is 44.5 Å². The third-order valence-corrected chi connectivity index (χ3v) is 17.0. The lowest BCUT2D eigenvalue weighted by molar-refractivity contribution is 0.647. The van der Waals surface area contributed by atoms with E-state index in [9.17, 15) is 0 Å². The molecule has 74 heavy (non-hydrogen) atoms. The van der Waals surface area contributed by atoms with Gasteiger partial charge in [-0.05, 0) is 118 Å². The molecule has 2 aliphatic heterocycles. The summed E-state index contributed by atoms with van der Waals surface area (Å²) in [7, 11) is 0. The van der Waals surface area contributed by atoms with Crippen molar-refractivity contribution in [3.63, 3.8) is 0 Å². The number of hydrogen-bond donors (Lipinski definition) is 0. The number of fused-ring (bicyclic) bond motifs is 16. The van der Waals surface area contributed by atoms with E-state index in [1.54, 1.807) is 0 Å². The smallest absolute Gasteiger partial charge is 0.0545 e. The predicted molar refractivity (Wildman–Crippen MR) is 309 cm³/mol. The van der Waals surface area contributed by atoms with Crippen molar-refractivity contribution in [1.29, 1.82) is 0 Å². The number of nitrogens with zero attached hydrogens (tertiary/aromatic N) is 4. The van der Waals surface area contributed by atoms with Gasteiger partial charge in [-0.25, -0.2) is 0 Å². The summed E-state index contributed by atoms with van der Waals surface area (Å²) in [5, 5.41) is 7.55. The molecule has 0 bridgehead atoms. The zero-order valence-corrected chi connectivity index (χ0v) is 41.7. The number of rotatable bonds is 5. The first-order chi connectivity index (χ1) is 36.3. The van der Waals surface area contributed by atoms with Gasteiger partial charge in [0.25, 0.3) is 0 Å². The highest BCUT2D eigenvalue weighted by molar-refractivity contribution is 6.15. The topological polar surface area (TPSA) is 19.7 Å². The lowest BCUT2D eigenvalue weighted by Gasteiger charge is -2.22. The van der Waals surface area contributed by atoms with Crippen LogP contribution in [0, 0.1) is 0 Å². The largest absolute Gasteiger partial charge is 0.312 e. The van der Waals surface area contributed by atoms with Crippen molar-refractivity contribution in [3.8, 4) is 56.1 Å². The average Bonchev–Trinajstić information content (AvgIpc) is 4.27. The van der Waals surface area contributed by atoms with Crippen molar-refractivity contribution in [1.82, 2.24) is 18.3 Å². The molecule has 16 rings (SSSR count). The van der Waals surface area contributed by atoms with Crippen LogP contribution in [0.1, 0.15) is 50.2 Å². The number of benzene rings is 10. The molecule has 0 saturated carbocycles. The molecule has 0 atom stereocenters. The van der Waals surface area contributed by atoms with E-state index in [4.69, 9.17) is 0 Å². The lowest BCUT2D eigenvalue weighted by atomic mass is 9.79. The van der Waals surface area contributed by atoms with Crippen molar-refractivity contribution < 1.29 is 0 Å². The van der Waals surface area contributed by atoms with Crippen LogP contribution in [0.5, 0.6) is 0 Å². The Morgan fingerprint density at radius 2 is 0.595 bits per heavy atom. The normalized spacial score (nSPS) is 14.2. The molecule has 0 N–H and O–H groups in total. The molecule has 4 nitrogen and oxygen atoms in total. The van der Waals surface area contributed by atoms with Gasteiger partial charge in [-0.15, -0.1) is 0 Å². The quantitative estimate of drug-likeness (QED) is 0.164. The van der Waals surface area contributed by atoms with Gasteiger partial charge < -0.3 is 18.3 Å². The van der Waals surface area contributed by atoms with Crippen molar-refractivity contribution in [2.24, 2.45) is 0 Å². The minimum absolute atomic E-state index is 0.263. The van der Waals surface area contributed by atoms with Crippen LogP contribution in [0.3, 0.4) is 0 Å². The standard InChI is InChI=1S/C70H50N4/c1-69(2)55-41-61-53(39-63(55)73-57-31-19-17-29-49(57)65(67(69)73)43-21-9-5-10-22-43)51-37-45(33-35-59(51)71(61)47-25-13-7-14-26-47)46-34-36-60-52(38-46)54-40-64-56(42-62(54)72(60)48-27-15-8-16-28-48)70(3,4)68-66(44-23-11-6-12-24-44)50-30-18-20-32-58(50)74(64)68/h5-42H,1-4H3. The van der Waals surface area contributed by atoms with Crippen molar-refractivity contribution in [3.05, 3.63) is 253 Å². The molecule has 6 heterocycles. The number of aromatic nitrogens is 4. The van der Waals surface area contributed by atoms with Gasteiger partial charge >= 0.3 is 0 Å². The average molecular weight is 947 g/mol. The monoisotopic (exact) mass is 946 g/mol. The molecule has 0 aliphatic carbocycles. The van der Waals surface area contributed by atoms with Crippen LogP contribution in [-0.2, 0) is 10.8 Å². The van der Waals surface area contributed by atoms with Crippen molar-refractivity contribution in [2.45, 2.75) is 38.5 Å². The SMILES string of the molecule is CC1(C)c2cc3c(cc2-n2c1c(-c1ccccc1)c1ccccc12)c1cc(-c2ccc4c(c2)c2cc5c(cc2n4-c2ccccc2)C(C)(C)c2c(-c4ccccc4)c4ccccc4n2-5)ccc1n3-c1ccccc1. The summed E-state index contributed by atoms with van der Waals surface area (Å²) in [4.78, 5) is 0. The summed E-state index contributed by atoms with van der Waals surface area (Å²) < 4.78 is 10.1. The fourth-order valence-electron chi connectivity index (χ4n) is 13.8. The highest BCUT2D eigenvalue weighted by Crippen LogP contribution is 2.55. The molecule has 0 radical (unpaired) electrons. The summed E-state index contributed by atoms with van der Waals surface area (Å²) in [6.45, 7) is 9.66. The van der Waals surface area contributed by atoms with Gasteiger partial charge in [-0.1, -0.05) is 173 Å². The van der Waals surface area contributed by atoms with Crippen LogP contribution in [0.25, 0.3) is 122 Å². The van der Waals surface area contributed by atoms with E-state index in [2.05, 4.69) is 276 Å². The van der Waals surface area contributed by atoms with Crippen LogP contribution >= 0.6 is 0 Å². The summed E-state index contributed by atoms with van der Waals surface area (Å²) >= 11 is 0. The van der Waals surface area contributed by atoms with Crippen LogP contribution in [-0.4, -0.2) is 18.3 Å². The second-order valence-corrected chi connectivity index (χ2v) is 21.7. The van der Waals surface area contributed by atoms with Gasteiger partial charge in [0, 0.05) is 77.0 Å². The van der Waals surface area contributed by atoms with Crippen LogP contribution < -0.4 is 0 Å². The Morgan fingerprint density at radius 3 is 1.00 bits per heavy atom. The molecule has 0 saturated heterocycles. The van der Waals surface area contributed by atoms with Gasteiger partial charge in [0.15, 0.2) is 0 Å². The molecular weight excluding hydrogens is 897 g/mol. The van der Waals surface area contributed by atoms with Crippen molar-refractivity contribution >= 4 is 65.4 Å². The van der Waals surface area contributed by atoms with Gasteiger partial charge in [0.1, 0.15) is 0 Å². The summed E-state index contributed by atoms with van der Waals surface area (Å²) in [6.07, 6.45) is 0. The summed E-state index contributed by atoms with van der Waals surface area (Å²) in [5.41, 5.74) is 24.5. The maximum Gasteiger partial charge on any atom is 0.0545 e. The maximum atomic E-state index is 2.57. The Labute approximate surface area is 429 Å². The minimum atomic E-state index is -0.263. The first kappa shape index (κ1) is 41.5. The zero-order valence-electron chi connectivity index (χ0n) is 41.7. The fraction of sp³-hybridized carbons (Fsp3) is 0.0857. The van der Waals surface area contributed by atoms with E-state index < -0.39 is 0 Å². The fourth-order valence-corrected chi connectivity index (χ4v) is 13.8. The molecule has 0 fully saturated rings. The highest BCUT2D eigenvalue weighted by atomic mass is 15.1. The predicted octanol–water partition coefficient (Wildman–Crippen LogP) is 18.0. The zero-order chi connectivity index (χ0) is 49.2. The molecule has 10 aromatic carbocycles. The summed E-state index contributed by atoms with van der Waals surface area (Å²) in [5.74, 6) is 0. The minimum Gasteiger partial charge on any atom is -0.312 e. The lowest BCUT2D eigenvalue weighted by Crippen LogP contribution is -2.16. The number of hydrogen-bond acceptors (Lipinski definition) is 0. The van der Waals surface area contributed by atoms with E-state index in [0.29, 0.717) is 0 Å². The van der Waals surface area contributed by atoms with Crippen LogP contribution in [0.15, 0.2) is 231 Å². The van der Waals surface area contributed by atoms with E-state index in [0.717, 1.165) is 11.4 Å².